The summed E-state index contributed by atoms with van der Waals surface area (Å²) in [6.45, 7) is 1.98. The molecule has 46 heavy (non-hydrogen) atoms. The number of nitrogens with zero attached hydrogens (tertiary/aromatic N) is 4. The number of hydrogen-bond acceptors (Lipinski definition) is 10. The maximum Gasteiger partial charge on any atom is 0.220 e. The van der Waals surface area contributed by atoms with Crippen molar-refractivity contribution < 1.29 is 9.53 Å². The molecule has 10 nitrogen and oxygen atoms in total. The molecule has 1 fully saturated rings. The first kappa shape index (κ1) is 31.7. The average molecular weight is 674 g/mol. The fourth-order valence-corrected chi connectivity index (χ4v) is 6.87. The summed E-state index contributed by atoms with van der Waals surface area (Å²) in [5.41, 5.74) is 5.20. The molecule has 1 atom stereocenters. The highest BCUT2D eigenvalue weighted by Crippen LogP contribution is 2.42. The highest BCUT2D eigenvalue weighted by molar-refractivity contribution is 7.18. The van der Waals surface area contributed by atoms with Crippen LogP contribution in [-0.2, 0) is 17.9 Å². The molecule has 0 saturated carbocycles. The van der Waals surface area contributed by atoms with Gasteiger partial charge >= 0.3 is 0 Å². The third-order valence-electron chi connectivity index (χ3n) is 7.57. The Morgan fingerprint density at radius 3 is 2.61 bits per heavy atom. The molecule has 0 radical (unpaired) electrons. The normalized spacial score (nSPS) is 14.3. The van der Waals surface area contributed by atoms with Crippen molar-refractivity contribution in [2.75, 3.05) is 25.5 Å². The molecule has 2 aromatic carbocycles. The van der Waals surface area contributed by atoms with Crippen molar-refractivity contribution in [1.82, 2.24) is 30.9 Å². The van der Waals surface area contributed by atoms with Crippen LogP contribution in [0.25, 0.3) is 32.6 Å². The second-order valence-electron chi connectivity index (χ2n) is 10.6. The number of fused-ring (bicyclic) bond motifs is 1. The summed E-state index contributed by atoms with van der Waals surface area (Å²) >= 11 is 15.6. The van der Waals surface area contributed by atoms with Gasteiger partial charge in [0.25, 0.3) is 0 Å². The Morgan fingerprint density at radius 1 is 1.02 bits per heavy atom. The lowest BCUT2D eigenvalue weighted by atomic mass is 10.00. The van der Waals surface area contributed by atoms with E-state index >= 15 is 0 Å². The van der Waals surface area contributed by atoms with E-state index < -0.39 is 0 Å². The van der Waals surface area contributed by atoms with Crippen LogP contribution in [0.3, 0.4) is 0 Å². The van der Waals surface area contributed by atoms with Crippen LogP contribution < -0.4 is 26.0 Å². The van der Waals surface area contributed by atoms with Crippen molar-refractivity contribution in [3.05, 3.63) is 81.4 Å². The van der Waals surface area contributed by atoms with Gasteiger partial charge < -0.3 is 20.7 Å². The topological polar surface area (TPSA) is 137 Å². The molecular weight excluding hydrogens is 643 g/mol. The van der Waals surface area contributed by atoms with E-state index in [9.17, 15) is 4.79 Å². The number of nitrogens with one attached hydrogen (secondary N) is 4. The maximum atomic E-state index is 11.5. The van der Waals surface area contributed by atoms with Gasteiger partial charge in [-0.2, -0.15) is 5.26 Å². The predicted molar refractivity (Wildman–Crippen MR) is 183 cm³/mol. The smallest absolute Gasteiger partial charge is 0.220 e. The van der Waals surface area contributed by atoms with E-state index in [-0.39, 0.29) is 18.5 Å². The first-order chi connectivity index (χ1) is 22.4. The zero-order valence-corrected chi connectivity index (χ0v) is 27.2. The number of pyridine rings is 2. The highest BCUT2D eigenvalue weighted by atomic mass is 35.5. The Balaban J connectivity index is 1.24. The molecule has 4 N–H and O–H groups in total. The molecule has 4 heterocycles. The highest BCUT2D eigenvalue weighted by Gasteiger charge is 2.21. The summed E-state index contributed by atoms with van der Waals surface area (Å²) in [7, 11) is 1.59. The van der Waals surface area contributed by atoms with Gasteiger partial charge in [-0.15, -0.1) is 11.3 Å². The number of nitriles is 1. The molecule has 0 spiro atoms. The Bertz CT molecular complexity index is 1940. The van der Waals surface area contributed by atoms with Gasteiger partial charge in [0.2, 0.25) is 11.8 Å². The standard InChI is InChI=1S/C33H30Cl2N8O2S/c1-45-33-19(16-38-17-20-9-11-27(44)40-20)8-10-24(42-33)23-6-2-4-21(29(23)34)22-5-3-7-25(30(22)35)41-32-31-26(12-14-39-32)46-28(43-31)18-37-15-13-36/h2-8,10,12,14,20,37-38H,9,11,15-18H2,1H3,(H,39,41)(H,40,44). The van der Waals surface area contributed by atoms with E-state index in [1.165, 1.54) is 0 Å². The van der Waals surface area contributed by atoms with Gasteiger partial charge in [0.05, 0.1) is 45.9 Å². The Labute approximate surface area is 280 Å². The van der Waals surface area contributed by atoms with Gasteiger partial charge in [0, 0.05) is 60.5 Å². The summed E-state index contributed by atoms with van der Waals surface area (Å²) in [4.78, 5) is 25.5. The van der Waals surface area contributed by atoms with Gasteiger partial charge in [-0.3, -0.25) is 10.1 Å². The van der Waals surface area contributed by atoms with Crippen molar-refractivity contribution in [2.24, 2.45) is 0 Å². The Hall–Kier alpha value is -4.31. The number of benzene rings is 2. The molecule has 234 valence electrons. The molecule has 1 aliphatic heterocycles. The lowest BCUT2D eigenvalue weighted by Gasteiger charge is -2.16. The van der Waals surface area contributed by atoms with Crippen molar-refractivity contribution in [2.45, 2.75) is 32.0 Å². The lowest BCUT2D eigenvalue weighted by Crippen LogP contribution is -2.35. The molecule has 3 aromatic heterocycles. The molecule has 1 saturated heterocycles. The van der Waals surface area contributed by atoms with Crippen LogP contribution in [0, 0.1) is 11.3 Å². The molecule has 0 bridgehead atoms. The van der Waals surface area contributed by atoms with Gasteiger partial charge in [-0.05, 0) is 24.6 Å². The van der Waals surface area contributed by atoms with Crippen LogP contribution >= 0.6 is 34.5 Å². The molecule has 13 heteroatoms. The van der Waals surface area contributed by atoms with Crippen LogP contribution in [0.1, 0.15) is 23.4 Å². The van der Waals surface area contributed by atoms with Gasteiger partial charge in [0.1, 0.15) is 10.5 Å². The van der Waals surface area contributed by atoms with Crippen LogP contribution in [0.5, 0.6) is 5.88 Å². The summed E-state index contributed by atoms with van der Waals surface area (Å²) in [5, 5.41) is 23.4. The number of carbonyl (C=O) groups excluding carboxylic acids is 1. The van der Waals surface area contributed by atoms with Crippen LogP contribution in [0.15, 0.2) is 60.8 Å². The molecule has 1 aliphatic rings. The molecule has 6 rings (SSSR count). The zero-order valence-electron chi connectivity index (χ0n) is 24.9. The Kier molecular flexibility index (Phi) is 9.92. The first-order valence-corrected chi connectivity index (χ1v) is 16.2. The second kappa shape index (κ2) is 14.4. The Morgan fingerprint density at radius 2 is 1.83 bits per heavy atom. The van der Waals surface area contributed by atoms with Crippen LogP contribution in [-0.4, -0.2) is 47.1 Å². The van der Waals surface area contributed by atoms with Crippen molar-refractivity contribution >= 4 is 62.2 Å². The average Bonchev–Trinajstić information content (AvgIpc) is 3.68. The minimum absolute atomic E-state index is 0.0977. The van der Waals surface area contributed by atoms with E-state index in [0.717, 1.165) is 43.9 Å². The quantitative estimate of drug-likeness (QED) is 0.0869. The molecule has 5 aromatic rings. The number of methoxy groups -OCH3 is 1. The fraction of sp³-hybridized carbons (Fsp3) is 0.242. The van der Waals surface area contributed by atoms with E-state index in [4.69, 9.17) is 43.2 Å². The van der Waals surface area contributed by atoms with Crippen molar-refractivity contribution in [1.29, 1.82) is 5.26 Å². The minimum atomic E-state index is 0.0977. The van der Waals surface area contributed by atoms with Crippen molar-refractivity contribution in [3.63, 3.8) is 0 Å². The van der Waals surface area contributed by atoms with Crippen LogP contribution in [0.2, 0.25) is 10.0 Å². The number of ether oxygens (including phenoxy) is 1. The molecule has 0 aliphatic carbocycles. The number of carbonyl (C=O) groups is 1. The number of aromatic nitrogens is 3. The third-order valence-corrected chi connectivity index (χ3v) is 9.41. The second-order valence-corrected chi connectivity index (χ2v) is 12.5. The SMILES string of the molecule is COc1nc(-c2cccc(-c3cccc(Nc4nccc5sc(CNCC#N)nc45)c3Cl)c2Cl)ccc1CNCC1CCC(=O)N1. The molecule has 1 amide bonds. The van der Waals surface area contributed by atoms with E-state index in [2.05, 4.69) is 32.3 Å². The molecular formula is C33H30Cl2N8O2S. The molecule has 1 unspecified atom stereocenters. The summed E-state index contributed by atoms with van der Waals surface area (Å²) in [6.07, 6.45) is 3.13. The number of anilines is 2. The zero-order chi connectivity index (χ0) is 32.0. The fourth-order valence-electron chi connectivity index (χ4n) is 5.34. The van der Waals surface area contributed by atoms with Gasteiger partial charge in [-0.1, -0.05) is 59.6 Å². The van der Waals surface area contributed by atoms with Gasteiger partial charge in [-0.25, -0.2) is 15.0 Å². The number of halogens is 2. The minimum Gasteiger partial charge on any atom is -0.481 e. The number of amides is 1. The number of hydrogen-bond donors (Lipinski definition) is 4. The maximum absolute atomic E-state index is 11.5. The van der Waals surface area contributed by atoms with E-state index in [1.807, 2.05) is 54.6 Å². The van der Waals surface area contributed by atoms with E-state index in [0.29, 0.717) is 59.2 Å². The first-order valence-electron chi connectivity index (χ1n) is 14.7. The van der Waals surface area contributed by atoms with Crippen LogP contribution in [0.4, 0.5) is 11.5 Å². The number of rotatable bonds is 12. The summed E-state index contributed by atoms with van der Waals surface area (Å²) in [6, 6.07) is 19.5. The van der Waals surface area contributed by atoms with E-state index in [1.54, 1.807) is 24.6 Å². The monoisotopic (exact) mass is 672 g/mol. The van der Waals surface area contributed by atoms with Crippen molar-refractivity contribution in [3.8, 4) is 34.3 Å². The predicted octanol–water partition coefficient (Wildman–Crippen LogP) is 6.46. The number of thiazole rings is 1. The lowest BCUT2D eigenvalue weighted by molar-refractivity contribution is -0.119. The largest absolute Gasteiger partial charge is 0.481 e. The summed E-state index contributed by atoms with van der Waals surface area (Å²) in [5.74, 6) is 1.18. The third kappa shape index (κ3) is 6.92. The summed E-state index contributed by atoms with van der Waals surface area (Å²) < 4.78 is 6.60. The van der Waals surface area contributed by atoms with Gasteiger partial charge in [0.15, 0.2) is 5.82 Å².